The molecule has 1 heterocycles. The number of hydrogen-bond donors (Lipinski definition) is 0. The van der Waals surface area contributed by atoms with Gasteiger partial charge in [0, 0.05) is 5.39 Å². The molecule has 4 heteroatoms. The van der Waals surface area contributed by atoms with Gasteiger partial charge in [-0.3, -0.25) is 4.79 Å². The van der Waals surface area contributed by atoms with E-state index in [1.54, 1.807) is 0 Å². The number of fused-ring (bicyclic) bond motifs is 1. The van der Waals surface area contributed by atoms with Crippen LogP contribution in [-0.2, 0) is 0 Å². The molecule has 0 saturated heterocycles. The van der Waals surface area contributed by atoms with Crippen LogP contribution in [-0.4, -0.2) is 6.29 Å². The van der Waals surface area contributed by atoms with Gasteiger partial charge in [0.1, 0.15) is 5.82 Å². The first-order valence-electron chi connectivity index (χ1n) is 3.55. The Kier molecular flexibility index (Phi) is 2.06. The molecule has 2 rings (SSSR count). The quantitative estimate of drug-likeness (QED) is 0.664. The van der Waals surface area contributed by atoms with E-state index >= 15 is 0 Å². The Bertz CT molecular complexity index is 439. The number of rotatable bonds is 1. The van der Waals surface area contributed by atoms with Crippen LogP contribution < -0.4 is 0 Å². The highest BCUT2D eigenvalue weighted by Crippen LogP contribution is 2.32. The molecule has 0 N–H and O–H groups in total. The molecule has 13 heavy (non-hydrogen) atoms. The van der Waals surface area contributed by atoms with E-state index < -0.39 is 0 Å². The molecule has 0 unspecified atom stereocenters. The largest absolute Gasteiger partial charge is 0.297 e. The van der Waals surface area contributed by atoms with Crippen molar-refractivity contribution < 1.29 is 9.18 Å². The Labute approximate surface area is 82.7 Å². The Hall–Kier alpha value is -0.930. The summed E-state index contributed by atoms with van der Waals surface area (Å²) >= 11 is 7.03. The van der Waals surface area contributed by atoms with E-state index in [9.17, 15) is 9.18 Å². The smallest absolute Gasteiger partial charge is 0.160 e. The van der Waals surface area contributed by atoms with E-state index in [1.165, 1.54) is 29.5 Å². The zero-order valence-corrected chi connectivity index (χ0v) is 7.95. The lowest BCUT2D eigenvalue weighted by atomic mass is 10.2. The molecular formula is C9H4ClFOS. The first-order chi connectivity index (χ1) is 6.22. The van der Waals surface area contributed by atoms with Crippen LogP contribution in [0.25, 0.3) is 10.1 Å². The molecule has 0 aliphatic rings. The van der Waals surface area contributed by atoms with Crippen LogP contribution in [0.5, 0.6) is 0 Å². The van der Waals surface area contributed by atoms with Crippen molar-refractivity contribution in [1.29, 1.82) is 0 Å². The van der Waals surface area contributed by atoms with Gasteiger partial charge in [-0.05, 0) is 18.2 Å². The van der Waals surface area contributed by atoms with Gasteiger partial charge < -0.3 is 0 Å². The van der Waals surface area contributed by atoms with Gasteiger partial charge in [0.15, 0.2) is 6.29 Å². The van der Waals surface area contributed by atoms with Gasteiger partial charge in [0.05, 0.1) is 14.6 Å². The number of carbonyl (C=O) groups is 1. The van der Waals surface area contributed by atoms with Crippen LogP contribution in [0.3, 0.4) is 0 Å². The maximum absolute atomic E-state index is 13.1. The summed E-state index contributed by atoms with van der Waals surface area (Å²) in [5.74, 6) is -0.344. The predicted octanol–water partition coefficient (Wildman–Crippen LogP) is 3.51. The molecule has 0 spiro atoms. The summed E-state index contributed by atoms with van der Waals surface area (Å²) in [6, 6.07) is 4.30. The van der Waals surface area contributed by atoms with E-state index in [1.807, 2.05) is 0 Å². The van der Waals surface area contributed by atoms with Crippen LogP contribution in [0, 0.1) is 5.82 Å². The van der Waals surface area contributed by atoms with E-state index in [-0.39, 0.29) is 5.82 Å². The van der Waals surface area contributed by atoms with Crippen LogP contribution in [0.15, 0.2) is 18.2 Å². The van der Waals surface area contributed by atoms with Gasteiger partial charge >= 0.3 is 0 Å². The Balaban J connectivity index is 2.87. The number of aldehydes is 1. The second-order valence-electron chi connectivity index (χ2n) is 2.54. The minimum atomic E-state index is -0.344. The summed E-state index contributed by atoms with van der Waals surface area (Å²) in [5, 5.41) is 0.897. The van der Waals surface area contributed by atoms with Crippen molar-refractivity contribution in [3.8, 4) is 0 Å². The minimum absolute atomic E-state index is 0.344. The Morgan fingerprint density at radius 3 is 2.85 bits per heavy atom. The second kappa shape index (κ2) is 3.09. The lowest BCUT2D eigenvalue weighted by molar-refractivity contribution is 0.112. The third-order valence-electron chi connectivity index (χ3n) is 1.72. The fraction of sp³-hybridized carbons (Fsp3) is 0. The lowest BCUT2D eigenvalue weighted by Gasteiger charge is -1.93. The molecule has 2 aromatic rings. The molecule has 0 radical (unpaired) electrons. The third kappa shape index (κ3) is 1.34. The second-order valence-corrected chi connectivity index (χ2v) is 4.03. The molecule has 0 fully saturated rings. The van der Waals surface area contributed by atoms with E-state index in [0.29, 0.717) is 26.3 Å². The first-order valence-corrected chi connectivity index (χ1v) is 4.74. The summed E-state index contributed by atoms with van der Waals surface area (Å²) in [6.07, 6.45) is 0.695. The Morgan fingerprint density at radius 2 is 2.23 bits per heavy atom. The van der Waals surface area contributed by atoms with Gasteiger partial charge in [-0.15, -0.1) is 11.3 Å². The molecule has 0 aliphatic heterocycles. The average Bonchev–Trinajstić information content (AvgIpc) is 2.56. The number of halogens is 2. The van der Waals surface area contributed by atoms with Gasteiger partial charge in [-0.2, -0.15) is 0 Å². The van der Waals surface area contributed by atoms with Crippen molar-refractivity contribution in [2.24, 2.45) is 0 Å². The van der Waals surface area contributed by atoms with Crippen molar-refractivity contribution in [3.05, 3.63) is 33.9 Å². The van der Waals surface area contributed by atoms with Gasteiger partial charge in [-0.25, -0.2) is 4.39 Å². The number of hydrogen-bond acceptors (Lipinski definition) is 2. The normalized spacial score (nSPS) is 10.6. The van der Waals surface area contributed by atoms with Crippen LogP contribution in [0.4, 0.5) is 4.39 Å². The molecule has 0 saturated carbocycles. The maximum atomic E-state index is 13.1. The maximum Gasteiger partial charge on any atom is 0.160 e. The van der Waals surface area contributed by atoms with Gasteiger partial charge in [-0.1, -0.05) is 11.6 Å². The van der Waals surface area contributed by atoms with Crippen LogP contribution in [0.1, 0.15) is 9.67 Å². The monoisotopic (exact) mass is 214 g/mol. The highest BCUT2D eigenvalue weighted by molar-refractivity contribution is 7.21. The summed E-state index contributed by atoms with van der Waals surface area (Å²) < 4.78 is 13.8. The SMILES string of the molecule is O=Cc1cc2c(F)ccc(Cl)c2s1. The molecule has 0 bridgehead atoms. The van der Waals surface area contributed by atoms with Crippen LogP contribution >= 0.6 is 22.9 Å². The third-order valence-corrected chi connectivity index (χ3v) is 3.24. The average molecular weight is 215 g/mol. The minimum Gasteiger partial charge on any atom is -0.297 e. The summed E-state index contributed by atoms with van der Waals surface area (Å²) in [6.45, 7) is 0. The molecule has 66 valence electrons. The molecule has 0 amide bonds. The predicted molar refractivity (Wildman–Crippen MR) is 52.2 cm³/mol. The lowest BCUT2D eigenvalue weighted by Crippen LogP contribution is -1.73. The summed E-state index contributed by atoms with van der Waals surface area (Å²) in [4.78, 5) is 10.9. The van der Waals surface area contributed by atoms with Crippen molar-refractivity contribution >= 4 is 39.3 Å². The van der Waals surface area contributed by atoms with E-state index in [4.69, 9.17) is 11.6 Å². The topological polar surface area (TPSA) is 17.1 Å². The summed E-state index contributed by atoms with van der Waals surface area (Å²) in [5.41, 5.74) is 0. The van der Waals surface area contributed by atoms with Crippen molar-refractivity contribution in [2.75, 3.05) is 0 Å². The van der Waals surface area contributed by atoms with E-state index in [0.717, 1.165) is 0 Å². The van der Waals surface area contributed by atoms with E-state index in [2.05, 4.69) is 0 Å². The van der Waals surface area contributed by atoms with Crippen LogP contribution in [0.2, 0.25) is 5.02 Å². The first kappa shape index (κ1) is 8.66. The number of benzene rings is 1. The highest BCUT2D eigenvalue weighted by atomic mass is 35.5. The molecule has 1 nitrogen and oxygen atoms in total. The van der Waals surface area contributed by atoms with Gasteiger partial charge in [0.2, 0.25) is 0 Å². The molecule has 0 aliphatic carbocycles. The molecule has 1 aromatic heterocycles. The highest BCUT2D eigenvalue weighted by Gasteiger charge is 2.08. The number of carbonyl (C=O) groups excluding carboxylic acids is 1. The van der Waals surface area contributed by atoms with Crippen molar-refractivity contribution in [3.63, 3.8) is 0 Å². The fourth-order valence-electron chi connectivity index (χ4n) is 1.13. The number of thiophene rings is 1. The van der Waals surface area contributed by atoms with Crippen molar-refractivity contribution in [2.45, 2.75) is 0 Å². The van der Waals surface area contributed by atoms with Crippen molar-refractivity contribution in [1.82, 2.24) is 0 Å². The molecule has 0 atom stereocenters. The zero-order valence-electron chi connectivity index (χ0n) is 6.38. The zero-order chi connectivity index (χ0) is 9.42. The molecular weight excluding hydrogens is 211 g/mol. The van der Waals surface area contributed by atoms with Gasteiger partial charge in [0.25, 0.3) is 0 Å². The molecule has 1 aromatic carbocycles. The summed E-state index contributed by atoms with van der Waals surface area (Å²) in [7, 11) is 0. The Morgan fingerprint density at radius 1 is 1.46 bits per heavy atom. The standard InChI is InChI=1S/C9H4ClFOS/c10-7-1-2-8(11)6-3-5(4-12)13-9(6)7/h1-4H. The fourth-order valence-corrected chi connectivity index (χ4v) is 2.31.